The molecule has 1 aromatic carbocycles. The highest BCUT2D eigenvalue weighted by Gasteiger charge is 2.29. The Morgan fingerprint density at radius 3 is 2.21 bits per heavy atom. The topological polar surface area (TPSA) is 29.4 Å². The van der Waals surface area contributed by atoms with Gasteiger partial charge in [-0.25, -0.2) is 4.79 Å². The summed E-state index contributed by atoms with van der Waals surface area (Å²) in [6.07, 6.45) is -3.06. The van der Waals surface area contributed by atoms with Gasteiger partial charge in [-0.2, -0.15) is 13.2 Å². The van der Waals surface area contributed by atoms with Crippen LogP contribution in [0.2, 0.25) is 0 Å². The zero-order chi connectivity index (χ0) is 10.6. The summed E-state index contributed by atoms with van der Waals surface area (Å²) in [5, 5.41) is 0. The van der Waals surface area contributed by atoms with Crippen molar-refractivity contribution in [3.05, 3.63) is 29.8 Å². The number of isocyanates is 1. The van der Waals surface area contributed by atoms with E-state index in [-0.39, 0.29) is 0 Å². The van der Waals surface area contributed by atoms with E-state index >= 15 is 0 Å². The van der Waals surface area contributed by atoms with Crippen molar-refractivity contribution in [2.45, 2.75) is 11.1 Å². The largest absolute Gasteiger partial charge is 0.416 e. The van der Waals surface area contributed by atoms with Crippen LogP contribution in [-0.2, 0) is 11.0 Å². The van der Waals surface area contributed by atoms with Gasteiger partial charge >= 0.3 is 6.18 Å². The second-order valence-corrected chi connectivity index (χ2v) is 3.13. The van der Waals surface area contributed by atoms with Crippen molar-refractivity contribution >= 4 is 18.0 Å². The van der Waals surface area contributed by atoms with Gasteiger partial charge < -0.3 is 0 Å². The van der Waals surface area contributed by atoms with E-state index in [0.717, 1.165) is 24.1 Å². The molecule has 14 heavy (non-hydrogen) atoms. The molecule has 0 bridgehead atoms. The third-order valence-electron chi connectivity index (χ3n) is 1.37. The molecule has 0 spiro atoms. The first-order valence-electron chi connectivity index (χ1n) is 3.45. The van der Waals surface area contributed by atoms with E-state index in [9.17, 15) is 18.0 Å². The number of carbonyl (C=O) groups excluding carboxylic acids is 1. The quantitative estimate of drug-likeness (QED) is 0.434. The molecule has 0 heterocycles. The Morgan fingerprint density at radius 2 is 1.79 bits per heavy atom. The second kappa shape index (κ2) is 4.30. The van der Waals surface area contributed by atoms with Crippen LogP contribution < -0.4 is 0 Å². The van der Waals surface area contributed by atoms with Gasteiger partial charge in [0.1, 0.15) is 0 Å². The molecule has 0 saturated carbocycles. The molecule has 0 aliphatic carbocycles. The monoisotopic (exact) mass is 219 g/mol. The first-order valence-corrected chi connectivity index (χ1v) is 4.23. The Balaban J connectivity index is 2.83. The molecule has 0 unspecified atom stereocenters. The zero-order valence-corrected chi connectivity index (χ0v) is 7.52. The summed E-state index contributed by atoms with van der Waals surface area (Å²) in [4.78, 5) is 10.2. The van der Waals surface area contributed by atoms with Crippen LogP contribution in [0, 0.1) is 0 Å². The van der Waals surface area contributed by atoms with Gasteiger partial charge in [-0.1, -0.05) is 0 Å². The van der Waals surface area contributed by atoms with Crippen LogP contribution in [0.3, 0.4) is 0 Å². The van der Waals surface area contributed by atoms with Gasteiger partial charge in [0, 0.05) is 16.8 Å². The summed E-state index contributed by atoms with van der Waals surface area (Å²) in [7, 11) is 0. The van der Waals surface area contributed by atoms with Gasteiger partial charge in [0.15, 0.2) is 0 Å². The summed E-state index contributed by atoms with van der Waals surface area (Å²) < 4.78 is 39.4. The third-order valence-corrected chi connectivity index (χ3v) is 2.02. The Labute approximate surface area is 82.0 Å². The summed E-state index contributed by atoms with van der Waals surface area (Å²) >= 11 is 0.774. The van der Waals surface area contributed by atoms with Crippen molar-refractivity contribution in [1.29, 1.82) is 0 Å². The van der Waals surface area contributed by atoms with E-state index in [1.54, 1.807) is 0 Å². The molecule has 0 fully saturated rings. The zero-order valence-electron chi connectivity index (χ0n) is 6.71. The molecule has 0 atom stereocenters. The number of hydrogen-bond acceptors (Lipinski definition) is 3. The highest BCUT2D eigenvalue weighted by Crippen LogP contribution is 2.30. The van der Waals surface area contributed by atoms with Crippen LogP contribution in [0.5, 0.6) is 0 Å². The van der Waals surface area contributed by atoms with Crippen molar-refractivity contribution in [3.8, 4) is 0 Å². The minimum Gasteiger partial charge on any atom is -0.210 e. The minimum absolute atomic E-state index is 0.460. The number of rotatable bonds is 2. The van der Waals surface area contributed by atoms with Crippen LogP contribution in [0.25, 0.3) is 0 Å². The fraction of sp³-hybridized carbons (Fsp3) is 0.125. The second-order valence-electron chi connectivity index (χ2n) is 2.30. The van der Waals surface area contributed by atoms with Gasteiger partial charge in [0.05, 0.1) is 5.56 Å². The Kier molecular flexibility index (Phi) is 3.33. The standard InChI is InChI=1S/C8H4F3NOS/c9-8(10,11)6-1-3-7(4-2-6)14-12-5-13/h1-4H. The molecule has 74 valence electrons. The number of benzene rings is 1. The molecule has 0 aliphatic rings. The predicted octanol–water partition coefficient (Wildman–Crippen LogP) is 3.05. The Bertz CT molecular complexity index is 354. The maximum absolute atomic E-state index is 12.1. The lowest BCUT2D eigenvalue weighted by Crippen LogP contribution is -2.03. The number of nitrogens with zero attached hydrogens (tertiary/aromatic N) is 1. The van der Waals surface area contributed by atoms with Crippen molar-refractivity contribution < 1.29 is 18.0 Å². The lowest BCUT2D eigenvalue weighted by atomic mass is 10.2. The lowest BCUT2D eigenvalue weighted by molar-refractivity contribution is -0.137. The molecular formula is C8H4F3NOS. The van der Waals surface area contributed by atoms with Gasteiger partial charge in [0.25, 0.3) is 0 Å². The maximum atomic E-state index is 12.1. The molecular weight excluding hydrogens is 215 g/mol. The molecule has 0 amide bonds. The molecule has 0 saturated heterocycles. The molecule has 1 rings (SSSR count). The highest BCUT2D eigenvalue weighted by atomic mass is 32.2. The predicted molar refractivity (Wildman–Crippen MR) is 45.4 cm³/mol. The van der Waals surface area contributed by atoms with Crippen LogP contribution >= 0.6 is 11.9 Å². The molecule has 0 aromatic heterocycles. The normalized spacial score (nSPS) is 10.8. The van der Waals surface area contributed by atoms with Crippen LogP contribution in [0.4, 0.5) is 13.2 Å². The minimum atomic E-state index is -4.34. The van der Waals surface area contributed by atoms with Crippen molar-refractivity contribution in [2.24, 2.45) is 4.40 Å². The van der Waals surface area contributed by atoms with E-state index in [4.69, 9.17) is 0 Å². The fourth-order valence-electron chi connectivity index (χ4n) is 0.776. The van der Waals surface area contributed by atoms with E-state index in [1.807, 2.05) is 0 Å². The number of hydrogen-bond donors (Lipinski definition) is 0. The Morgan fingerprint density at radius 1 is 1.21 bits per heavy atom. The van der Waals surface area contributed by atoms with Gasteiger partial charge in [-0.3, -0.25) is 0 Å². The average Bonchev–Trinajstić information content (AvgIpc) is 2.14. The number of alkyl halides is 3. The smallest absolute Gasteiger partial charge is 0.210 e. The summed E-state index contributed by atoms with van der Waals surface area (Å²) in [6, 6.07) is 4.36. The lowest BCUT2D eigenvalue weighted by Gasteiger charge is -2.05. The van der Waals surface area contributed by atoms with Crippen LogP contribution in [0.15, 0.2) is 33.6 Å². The molecule has 1 aromatic rings. The van der Waals surface area contributed by atoms with E-state index in [0.29, 0.717) is 4.90 Å². The van der Waals surface area contributed by atoms with E-state index in [2.05, 4.69) is 4.40 Å². The first-order chi connectivity index (χ1) is 6.54. The summed E-state index contributed by atoms with van der Waals surface area (Å²) in [5.41, 5.74) is -0.725. The SMILES string of the molecule is O=C=NSc1ccc(C(F)(F)F)cc1. The summed E-state index contributed by atoms with van der Waals surface area (Å²) in [6.45, 7) is 0. The number of halogens is 3. The maximum Gasteiger partial charge on any atom is 0.416 e. The van der Waals surface area contributed by atoms with Crippen LogP contribution in [0.1, 0.15) is 5.56 Å². The fourth-order valence-corrected chi connectivity index (χ4v) is 1.18. The molecule has 2 nitrogen and oxygen atoms in total. The van der Waals surface area contributed by atoms with Crippen molar-refractivity contribution in [2.75, 3.05) is 0 Å². The average molecular weight is 219 g/mol. The van der Waals surface area contributed by atoms with Gasteiger partial charge in [-0.15, -0.1) is 4.40 Å². The highest BCUT2D eigenvalue weighted by molar-refractivity contribution is 7.98. The first kappa shape index (κ1) is 10.8. The Hall–Kier alpha value is -1.26. The summed E-state index contributed by atoms with van der Waals surface area (Å²) in [5.74, 6) is 0. The van der Waals surface area contributed by atoms with E-state index < -0.39 is 11.7 Å². The molecule has 6 heteroatoms. The molecule has 0 N–H and O–H groups in total. The third kappa shape index (κ3) is 2.90. The van der Waals surface area contributed by atoms with Crippen LogP contribution in [-0.4, -0.2) is 6.08 Å². The van der Waals surface area contributed by atoms with Crippen molar-refractivity contribution in [3.63, 3.8) is 0 Å². The van der Waals surface area contributed by atoms with Crippen molar-refractivity contribution in [1.82, 2.24) is 0 Å². The van der Waals surface area contributed by atoms with Gasteiger partial charge in [-0.05, 0) is 24.3 Å². The molecule has 0 radical (unpaired) electrons. The van der Waals surface area contributed by atoms with Gasteiger partial charge in [0.2, 0.25) is 6.08 Å². The van der Waals surface area contributed by atoms with E-state index in [1.165, 1.54) is 18.2 Å². The molecule has 0 aliphatic heterocycles.